The summed E-state index contributed by atoms with van der Waals surface area (Å²) in [5.41, 5.74) is 2.11. The highest BCUT2D eigenvalue weighted by Crippen LogP contribution is 2.39. The Kier molecular flexibility index (Phi) is 5.02. The Morgan fingerprint density at radius 2 is 1.69 bits per heavy atom. The molecule has 0 spiro atoms. The zero-order valence-electron chi connectivity index (χ0n) is 14.6. The molecule has 1 aliphatic heterocycles. The molecule has 0 unspecified atom stereocenters. The first-order valence-electron chi connectivity index (χ1n) is 7.96. The first-order chi connectivity index (χ1) is 13.4. The lowest BCUT2D eigenvalue weighted by Crippen LogP contribution is -2.40. The van der Waals surface area contributed by atoms with Crippen LogP contribution in [0.1, 0.15) is 11.1 Å². The summed E-state index contributed by atoms with van der Waals surface area (Å²) in [6, 6.07) is 10.0. The number of ketones is 1. The molecule has 29 heavy (non-hydrogen) atoms. The fraction of sp³-hybridized carbons (Fsp3) is 0.118. The van der Waals surface area contributed by atoms with Crippen LogP contribution in [0.2, 0.25) is 0 Å². The summed E-state index contributed by atoms with van der Waals surface area (Å²) >= 11 is 0. The predicted octanol–water partition coefficient (Wildman–Crippen LogP) is 0.507. The zero-order valence-corrected chi connectivity index (χ0v) is 15.5. The van der Waals surface area contributed by atoms with E-state index in [-0.39, 0.29) is 5.56 Å². The van der Waals surface area contributed by atoms with Gasteiger partial charge in [-0.2, -0.15) is 8.42 Å². The van der Waals surface area contributed by atoms with Crippen LogP contribution in [0.25, 0.3) is 0 Å². The fourth-order valence-corrected chi connectivity index (χ4v) is 3.56. The Morgan fingerprint density at radius 1 is 1.07 bits per heavy atom. The van der Waals surface area contributed by atoms with Crippen LogP contribution >= 0.6 is 0 Å². The highest BCUT2D eigenvalue weighted by Gasteiger charge is 2.51. The summed E-state index contributed by atoms with van der Waals surface area (Å²) in [4.78, 5) is 12.7. The zero-order chi connectivity index (χ0) is 21.6. The molecule has 0 bridgehead atoms. The smallest absolute Gasteiger partial charge is 0.302 e. The molecule has 2 N–H and O–H groups in total. The van der Waals surface area contributed by atoms with Crippen molar-refractivity contribution in [3.8, 4) is 0 Å². The minimum atomic E-state index is -4.92. The van der Waals surface area contributed by atoms with Crippen LogP contribution in [-0.4, -0.2) is 37.7 Å². The van der Waals surface area contributed by atoms with Gasteiger partial charge in [-0.3, -0.25) is 4.79 Å². The molecular weight excluding hydrogens is 401 g/mol. The number of benzene rings is 2. The minimum absolute atomic E-state index is 0.0549. The van der Waals surface area contributed by atoms with Gasteiger partial charge in [0, 0.05) is 5.56 Å². The second-order valence-corrected chi connectivity index (χ2v) is 7.91. The maximum Gasteiger partial charge on any atom is 0.302 e. The van der Waals surface area contributed by atoms with Crippen LogP contribution < -0.4 is 5.73 Å². The molecule has 12 heteroatoms. The molecular formula is C17H10B3F2NO5S. The molecule has 142 valence electrons. The molecule has 1 aliphatic rings. The highest BCUT2D eigenvalue weighted by molar-refractivity contribution is 7.90. The molecule has 0 aliphatic carbocycles. The molecule has 6 nitrogen and oxygen atoms in total. The molecule has 0 saturated heterocycles. The lowest BCUT2D eigenvalue weighted by atomic mass is 9.65. The van der Waals surface area contributed by atoms with Gasteiger partial charge in [-0.15, -0.1) is 0 Å². The molecule has 0 fully saturated rings. The van der Waals surface area contributed by atoms with Crippen LogP contribution in [0.15, 0.2) is 60.2 Å². The molecule has 2 aromatic carbocycles. The Balaban J connectivity index is 1.97. The van der Waals surface area contributed by atoms with Gasteiger partial charge in [0.2, 0.25) is 17.4 Å². The average Bonchev–Trinajstić information content (AvgIpc) is 2.88. The second kappa shape index (κ2) is 6.94. The van der Waals surface area contributed by atoms with Crippen molar-refractivity contribution in [2.24, 2.45) is 5.73 Å². The first kappa shape index (κ1) is 21.0. The third-order valence-electron chi connectivity index (χ3n) is 4.22. The predicted molar refractivity (Wildman–Crippen MR) is 101 cm³/mol. The Hall–Kier alpha value is -2.75. The normalized spacial score (nSPS) is 19.9. The summed E-state index contributed by atoms with van der Waals surface area (Å²) < 4.78 is 60.0. The Labute approximate surface area is 169 Å². The number of carbonyl (C=O) groups excluding carboxylic acids is 1. The number of Topliss-reactive ketones (excluding diaryl/α,β-unsaturated/α-hetero) is 1. The third-order valence-corrected chi connectivity index (χ3v) is 5.67. The molecule has 0 aromatic heterocycles. The lowest BCUT2D eigenvalue weighted by Gasteiger charge is -2.26. The number of rotatable bonds is 5. The van der Waals surface area contributed by atoms with Crippen molar-refractivity contribution < 1.29 is 30.9 Å². The van der Waals surface area contributed by atoms with E-state index in [1.54, 1.807) is 6.07 Å². The number of ether oxygens (including phenoxy) is 1. The molecule has 6 radical (unpaired) electrons. The van der Waals surface area contributed by atoms with E-state index in [0.717, 1.165) is 18.2 Å². The quantitative estimate of drug-likeness (QED) is 0.570. The fourth-order valence-electron chi connectivity index (χ4n) is 2.62. The van der Waals surface area contributed by atoms with Gasteiger partial charge in [-0.25, -0.2) is 8.78 Å². The van der Waals surface area contributed by atoms with E-state index in [0.29, 0.717) is 0 Å². The van der Waals surface area contributed by atoms with Gasteiger partial charge in [0.1, 0.15) is 0 Å². The van der Waals surface area contributed by atoms with Crippen LogP contribution in [0.3, 0.4) is 0 Å². The lowest BCUT2D eigenvalue weighted by molar-refractivity contribution is -0.126. The number of nitrogens with two attached hydrogens (primary N) is 1. The van der Waals surface area contributed by atoms with E-state index in [1.165, 1.54) is 24.3 Å². The van der Waals surface area contributed by atoms with E-state index in [1.807, 2.05) is 0 Å². The number of halogens is 2. The first-order valence-corrected chi connectivity index (χ1v) is 9.37. The minimum Gasteiger partial charge on any atom is -0.467 e. The van der Waals surface area contributed by atoms with Crippen molar-refractivity contribution in [2.45, 2.75) is 10.0 Å². The Bertz CT molecular complexity index is 1130. The van der Waals surface area contributed by atoms with Gasteiger partial charge >= 0.3 is 10.1 Å². The maximum atomic E-state index is 14.1. The highest BCUT2D eigenvalue weighted by atomic mass is 32.2. The van der Waals surface area contributed by atoms with Gasteiger partial charge in [0.05, 0.1) is 20.2 Å². The molecule has 1 heterocycles. The van der Waals surface area contributed by atoms with Crippen molar-refractivity contribution in [3.05, 3.63) is 82.9 Å². The molecule has 0 amide bonds. The molecule has 3 rings (SSSR count). The second-order valence-electron chi connectivity index (χ2n) is 6.16. The Morgan fingerprint density at radius 3 is 2.31 bits per heavy atom. The topological polar surface area (TPSA) is 95.7 Å². The van der Waals surface area contributed by atoms with E-state index in [4.69, 9.17) is 38.2 Å². The SMILES string of the molecule is [B]C([B])(c1ccccc1)S(=O)(=O)OC1=C(N)O[C@]([B])(c2cccc(F)c2F)C1=O. The van der Waals surface area contributed by atoms with Crippen molar-refractivity contribution in [1.29, 1.82) is 0 Å². The van der Waals surface area contributed by atoms with Gasteiger partial charge in [0.15, 0.2) is 25.0 Å². The van der Waals surface area contributed by atoms with Gasteiger partial charge < -0.3 is 14.7 Å². The standard InChI is InChI=1S/C17H10B3F2NO5S/c18-16(10-7-4-8-11(21)12(10)22)14(24)13(15(23)27-16)28-29(25,26)17(19,20)9-5-2-1-3-6-9/h1-8H,23H2/t16-/m1/s1. The third kappa shape index (κ3) is 3.31. The van der Waals surface area contributed by atoms with E-state index in [2.05, 4.69) is 0 Å². The monoisotopic (exact) mass is 411 g/mol. The number of hydrogen-bond acceptors (Lipinski definition) is 6. The van der Waals surface area contributed by atoms with E-state index >= 15 is 0 Å². The van der Waals surface area contributed by atoms with Crippen LogP contribution in [0, 0.1) is 11.6 Å². The van der Waals surface area contributed by atoms with Crippen LogP contribution in [0.5, 0.6) is 0 Å². The average molecular weight is 411 g/mol. The van der Waals surface area contributed by atoms with Gasteiger partial charge in [-0.1, -0.05) is 42.5 Å². The van der Waals surface area contributed by atoms with Gasteiger partial charge in [-0.05, 0) is 11.6 Å². The van der Waals surface area contributed by atoms with Gasteiger partial charge in [0.25, 0.3) is 0 Å². The van der Waals surface area contributed by atoms with E-state index in [9.17, 15) is 22.0 Å². The van der Waals surface area contributed by atoms with Crippen LogP contribution in [-0.2, 0) is 33.9 Å². The number of hydrogen-bond donors (Lipinski definition) is 1. The van der Waals surface area contributed by atoms with E-state index < -0.39 is 54.8 Å². The van der Waals surface area contributed by atoms with Crippen molar-refractivity contribution in [3.63, 3.8) is 0 Å². The maximum absolute atomic E-state index is 14.1. The summed E-state index contributed by atoms with van der Waals surface area (Å²) in [6.07, 6.45) is 0. The van der Waals surface area contributed by atoms with Crippen molar-refractivity contribution in [2.75, 3.05) is 0 Å². The summed E-state index contributed by atoms with van der Waals surface area (Å²) in [6.45, 7) is 0. The van der Waals surface area contributed by atoms with Crippen molar-refractivity contribution >= 4 is 39.4 Å². The largest absolute Gasteiger partial charge is 0.467 e. The summed E-state index contributed by atoms with van der Waals surface area (Å²) in [5.74, 6) is -6.08. The summed E-state index contributed by atoms with van der Waals surface area (Å²) in [5, 5.41) is 0. The van der Waals surface area contributed by atoms with Crippen molar-refractivity contribution in [1.82, 2.24) is 0 Å². The molecule has 2 aromatic rings. The van der Waals surface area contributed by atoms with Crippen LogP contribution in [0.4, 0.5) is 8.78 Å². The molecule has 0 saturated carbocycles. The summed E-state index contributed by atoms with van der Waals surface area (Å²) in [7, 11) is 12.3. The molecule has 1 atom stereocenters. The number of carbonyl (C=O) groups is 1.